The number of methoxy groups -OCH3 is 1. The summed E-state index contributed by atoms with van der Waals surface area (Å²) in [5.41, 5.74) is 3.45. The molecule has 10 nitrogen and oxygen atoms in total. The number of ether oxygens (including phenoxy) is 3. The molecule has 5 rings (SSSR count). The largest absolute Gasteiger partial charge is 0.497 e. The van der Waals surface area contributed by atoms with Crippen LogP contribution in [0, 0.1) is 0 Å². The lowest BCUT2D eigenvalue weighted by Gasteiger charge is -2.11. The Morgan fingerprint density at radius 3 is 2.53 bits per heavy atom. The van der Waals surface area contributed by atoms with Gasteiger partial charge in [0.05, 0.1) is 36.5 Å². The van der Waals surface area contributed by atoms with Gasteiger partial charge in [-0.2, -0.15) is 0 Å². The summed E-state index contributed by atoms with van der Waals surface area (Å²) in [5, 5.41) is 8.28. The average Bonchev–Trinajstić information content (AvgIpc) is 3.45. The lowest BCUT2D eigenvalue weighted by atomic mass is 10.1. The Kier molecular flexibility index (Phi) is 5.54. The molecule has 0 saturated heterocycles. The van der Waals surface area contributed by atoms with Crippen molar-refractivity contribution in [2.45, 2.75) is 20.0 Å². The van der Waals surface area contributed by atoms with E-state index in [2.05, 4.69) is 15.3 Å². The van der Waals surface area contributed by atoms with Crippen LogP contribution in [-0.2, 0) is 22.5 Å². The second-order valence-electron chi connectivity index (χ2n) is 7.52. The Balaban J connectivity index is 1.59. The summed E-state index contributed by atoms with van der Waals surface area (Å²) in [7, 11) is 1.56. The van der Waals surface area contributed by atoms with Crippen molar-refractivity contribution in [2.75, 3.05) is 13.7 Å². The van der Waals surface area contributed by atoms with Gasteiger partial charge in [0.15, 0.2) is 11.4 Å². The summed E-state index contributed by atoms with van der Waals surface area (Å²) in [6.45, 7) is 2.04. The van der Waals surface area contributed by atoms with Crippen molar-refractivity contribution in [3.63, 3.8) is 0 Å². The number of imidazole rings is 1. The molecule has 2 aromatic carbocycles. The Bertz CT molecular complexity index is 1380. The summed E-state index contributed by atoms with van der Waals surface area (Å²) < 4.78 is 19.4. The molecule has 0 radical (unpaired) electrons. The number of nitrogens with zero attached hydrogens (tertiary/aromatic N) is 5. The van der Waals surface area contributed by atoms with Gasteiger partial charge in [-0.25, -0.2) is 19.3 Å². The van der Waals surface area contributed by atoms with Crippen LogP contribution in [0.25, 0.3) is 11.4 Å². The van der Waals surface area contributed by atoms with Gasteiger partial charge in [0, 0.05) is 12.5 Å². The van der Waals surface area contributed by atoms with E-state index in [1.165, 1.54) is 0 Å². The predicted octanol–water partition coefficient (Wildman–Crippen LogP) is 2.90. The Morgan fingerprint density at radius 1 is 0.971 bits per heavy atom. The first-order valence-electron chi connectivity index (χ1n) is 10.7. The maximum absolute atomic E-state index is 13.0. The summed E-state index contributed by atoms with van der Waals surface area (Å²) in [4.78, 5) is 29.9. The summed E-state index contributed by atoms with van der Waals surface area (Å²) in [6.07, 6.45) is 1.72. The van der Waals surface area contributed by atoms with E-state index >= 15 is 0 Å². The van der Waals surface area contributed by atoms with Gasteiger partial charge in [0.1, 0.15) is 18.7 Å². The van der Waals surface area contributed by atoms with Crippen molar-refractivity contribution in [1.29, 1.82) is 0 Å². The van der Waals surface area contributed by atoms with E-state index in [0.29, 0.717) is 28.5 Å². The van der Waals surface area contributed by atoms with E-state index in [1.807, 2.05) is 36.4 Å². The van der Waals surface area contributed by atoms with E-state index in [1.54, 1.807) is 41.7 Å². The molecule has 1 aliphatic heterocycles. The van der Waals surface area contributed by atoms with Crippen LogP contribution in [0.1, 0.15) is 44.9 Å². The molecule has 3 heterocycles. The van der Waals surface area contributed by atoms with Crippen molar-refractivity contribution in [2.24, 2.45) is 0 Å². The monoisotopic (exact) mass is 459 g/mol. The number of carbonyl (C=O) groups excluding carboxylic acids is 2. The molecule has 1 aliphatic rings. The molecular weight excluding hydrogens is 438 g/mol. The summed E-state index contributed by atoms with van der Waals surface area (Å²) in [5.74, 6) is -0.551. The van der Waals surface area contributed by atoms with Crippen LogP contribution >= 0.6 is 0 Å². The van der Waals surface area contributed by atoms with Gasteiger partial charge in [-0.15, -0.1) is 5.10 Å². The number of carbonyl (C=O) groups is 2. The molecule has 0 N–H and O–H groups in total. The molecular formula is C24H21N5O5. The third kappa shape index (κ3) is 3.68. The van der Waals surface area contributed by atoms with E-state index in [9.17, 15) is 9.59 Å². The third-order valence-electron chi connectivity index (χ3n) is 5.51. The molecule has 172 valence electrons. The van der Waals surface area contributed by atoms with Crippen LogP contribution in [0.5, 0.6) is 5.75 Å². The first-order valence-corrected chi connectivity index (χ1v) is 10.7. The fourth-order valence-corrected chi connectivity index (χ4v) is 3.89. The molecule has 0 saturated carbocycles. The van der Waals surface area contributed by atoms with E-state index < -0.39 is 11.9 Å². The van der Waals surface area contributed by atoms with E-state index in [4.69, 9.17) is 14.2 Å². The maximum atomic E-state index is 13.0. The van der Waals surface area contributed by atoms with Gasteiger partial charge in [-0.3, -0.25) is 4.57 Å². The number of hydrogen-bond acceptors (Lipinski definition) is 8. The highest BCUT2D eigenvalue weighted by atomic mass is 16.5. The highest BCUT2D eigenvalue weighted by Crippen LogP contribution is 2.32. The smallest absolute Gasteiger partial charge is 0.360 e. The van der Waals surface area contributed by atoms with Crippen LogP contribution < -0.4 is 4.74 Å². The van der Waals surface area contributed by atoms with Crippen molar-refractivity contribution in [3.05, 3.63) is 83.2 Å². The zero-order chi connectivity index (χ0) is 23.7. The first-order chi connectivity index (χ1) is 16.6. The Morgan fingerprint density at radius 2 is 1.76 bits per heavy atom. The van der Waals surface area contributed by atoms with Gasteiger partial charge in [-0.05, 0) is 24.6 Å². The zero-order valence-corrected chi connectivity index (χ0v) is 18.6. The molecule has 0 spiro atoms. The van der Waals surface area contributed by atoms with Crippen LogP contribution in [0.4, 0.5) is 0 Å². The highest BCUT2D eigenvalue weighted by molar-refractivity contribution is 5.91. The lowest BCUT2D eigenvalue weighted by molar-refractivity contribution is 0.0464. The number of hydrogen-bond donors (Lipinski definition) is 0. The Labute approximate surface area is 194 Å². The number of esters is 2. The predicted molar refractivity (Wildman–Crippen MR) is 119 cm³/mol. The van der Waals surface area contributed by atoms with Crippen molar-refractivity contribution in [1.82, 2.24) is 24.5 Å². The highest BCUT2D eigenvalue weighted by Gasteiger charge is 2.31. The zero-order valence-electron chi connectivity index (χ0n) is 18.6. The quantitative estimate of drug-likeness (QED) is 0.357. The second-order valence-corrected chi connectivity index (χ2v) is 7.52. The third-order valence-corrected chi connectivity index (χ3v) is 5.51. The Hall–Kier alpha value is -4.47. The minimum atomic E-state index is -0.589. The van der Waals surface area contributed by atoms with Gasteiger partial charge in [0.25, 0.3) is 0 Å². The fraction of sp³-hybridized carbons (Fsp3) is 0.208. The average molecular weight is 459 g/mol. The van der Waals surface area contributed by atoms with Crippen LogP contribution in [0.3, 0.4) is 0 Å². The number of aromatic nitrogens is 5. The fourth-order valence-electron chi connectivity index (χ4n) is 3.89. The van der Waals surface area contributed by atoms with Crippen molar-refractivity contribution < 1.29 is 23.8 Å². The van der Waals surface area contributed by atoms with Crippen molar-refractivity contribution >= 4 is 11.9 Å². The summed E-state index contributed by atoms with van der Waals surface area (Å²) in [6, 6.07) is 14.8. The first kappa shape index (κ1) is 21.4. The molecule has 34 heavy (non-hydrogen) atoms. The molecule has 0 aliphatic carbocycles. The van der Waals surface area contributed by atoms with Crippen LogP contribution in [0.2, 0.25) is 0 Å². The number of fused-ring (bicyclic) bond motifs is 5. The normalized spacial score (nSPS) is 11.6. The molecule has 0 atom stereocenters. The van der Waals surface area contributed by atoms with E-state index in [-0.39, 0.29) is 31.0 Å². The molecule has 0 unspecified atom stereocenters. The second kappa shape index (κ2) is 8.81. The number of rotatable bonds is 6. The molecule has 0 bridgehead atoms. The minimum absolute atomic E-state index is 0.0777. The van der Waals surface area contributed by atoms with Gasteiger partial charge in [-0.1, -0.05) is 35.5 Å². The topological polar surface area (TPSA) is 110 Å². The molecule has 4 aromatic rings. The number of benzene rings is 2. The van der Waals surface area contributed by atoms with Crippen LogP contribution in [-0.4, -0.2) is 50.2 Å². The molecule has 0 amide bonds. The SMILES string of the molecule is CCOC(=O)c1nnn2c1Cc1c(C(=O)OCc3ccccc3)ncn1-c1ccc(OC)cc1-2. The van der Waals surface area contributed by atoms with E-state index in [0.717, 1.165) is 5.56 Å². The van der Waals surface area contributed by atoms with Gasteiger partial charge >= 0.3 is 11.9 Å². The van der Waals surface area contributed by atoms with Crippen molar-refractivity contribution in [3.8, 4) is 17.1 Å². The van der Waals surface area contributed by atoms with Gasteiger partial charge in [0.2, 0.25) is 0 Å². The molecule has 10 heteroatoms. The lowest BCUT2D eigenvalue weighted by Crippen LogP contribution is -2.13. The summed E-state index contributed by atoms with van der Waals surface area (Å²) >= 11 is 0. The maximum Gasteiger partial charge on any atom is 0.360 e. The molecule has 0 fully saturated rings. The molecule has 2 aromatic heterocycles. The minimum Gasteiger partial charge on any atom is -0.497 e. The van der Waals surface area contributed by atoms with Crippen LogP contribution in [0.15, 0.2) is 54.9 Å². The van der Waals surface area contributed by atoms with Gasteiger partial charge < -0.3 is 14.2 Å². The standard InChI is InChI=1S/C24H21N5O5/c1-3-33-24(31)22-20-12-19-21(23(30)34-13-15-7-5-4-6-8-15)25-14-28(19)17-10-9-16(32-2)11-18(17)29(20)27-26-22/h4-11,14H,3,12-13H2,1-2H3.